The first-order valence-electron chi connectivity index (χ1n) is 6.49. The molecular weight excluding hydrogens is 330 g/mol. The smallest absolute Gasteiger partial charge is 0.340 e. The van der Waals surface area contributed by atoms with Crippen molar-refractivity contribution in [3.8, 4) is 0 Å². The Morgan fingerprint density at radius 3 is 2.71 bits per heavy atom. The van der Waals surface area contributed by atoms with Crippen LogP contribution in [-0.4, -0.2) is 11.0 Å². The van der Waals surface area contributed by atoms with Crippen LogP contribution in [0.1, 0.15) is 15.9 Å². The molecule has 0 atom stereocenters. The van der Waals surface area contributed by atoms with Crippen LogP contribution in [0.4, 0.5) is 0 Å². The van der Waals surface area contributed by atoms with E-state index in [9.17, 15) is 4.79 Å². The number of halogens is 1. The van der Waals surface area contributed by atoms with Crippen molar-refractivity contribution < 1.29 is 9.53 Å². The Hall–Kier alpha value is -2.20. The Kier molecular flexibility index (Phi) is 3.97. The fourth-order valence-electron chi connectivity index (χ4n) is 2.02. The lowest BCUT2D eigenvalue weighted by Crippen LogP contribution is -2.05. The number of esters is 1. The van der Waals surface area contributed by atoms with Gasteiger partial charge in [-0.05, 0) is 29.8 Å². The number of benzene rings is 2. The van der Waals surface area contributed by atoms with E-state index in [4.69, 9.17) is 4.74 Å². The van der Waals surface area contributed by atoms with Gasteiger partial charge in [-0.3, -0.25) is 4.98 Å². The maximum atomic E-state index is 12.1. The molecule has 0 spiro atoms. The Labute approximate surface area is 130 Å². The predicted octanol–water partition coefficient (Wildman–Crippen LogP) is 4.35. The van der Waals surface area contributed by atoms with Crippen LogP contribution in [0.25, 0.3) is 10.9 Å². The molecule has 0 aliphatic carbocycles. The molecule has 3 nitrogen and oxygen atoms in total. The van der Waals surface area contributed by atoms with Gasteiger partial charge in [0.05, 0.1) is 11.1 Å². The van der Waals surface area contributed by atoms with Crippen molar-refractivity contribution in [2.24, 2.45) is 0 Å². The Morgan fingerprint density at radius 1 is 1.10 bits per heavy atom. The molecule has 1 heterocycles. The van der Waals surface area contributed by atoms with E-state index in [0.717, 1.165) is 20.9 Å². The van der Waals surface area contributed by atoms with E-state index in [1.54, 1.807) is 12.3 Å². The average Bonchev–Trinajstić information content (AvgIpc) is 2.53. The molecule has 104 valence electrons. The van der Waals surface area contributed by atoms with Gasteiger partial charge in [-0.25, -0.2) is 4.79 Å². The molecule has 0 unspecified atom stereocenters. The quantitative estimate of drug-likeness (QED) is 0.664. The second kappa shape index (κ2) is 6.06. The summed E-state index contributed by atoms with van der Waals surface area (Å²) in [5.74, 6) is -0.367. The Morgan fingerprint density at radius 2 is 1.90 bits per heavy atom. The van der Waals surface area contributed by atoms with Crippen molar-refractivity contribution in [3.05, 3.63) is 76.4 Å². The Bertz CT molecular complexity index is 787. The Balaban J connectivity index is 1.78. The van der Waals surface area contributed by atoms with E-state index in [1.165, 1.54) is 0 Å². The topological polar surface area (TPSA) is 39.2 Å². The molecule has 0 saturated heterocycles. The van der Waals surface area contributed by atoms with E-state index in [2.05, 4.69) is 20.9 Å². The normalized spacial score (nSPS) is 10.5. The molecule has 0 saturated carbocycles. The van der Waals surface area contributed by atoms with Crippen LogP contribution in [0.5, 0.6) is 0 Å². The highest BCUT2D eigenvalue weighted by molar-refractivity contribution is 9.10. The van der Waals surface area contributed by atoms with Crippen molar-refractivity contribution >= 4 is 32.8 Å². The van der Waals surface area contributed by atoms with Crippen molar-refractivity contribution in [1.82, 2.24) is 4.98 Å². The van der Waals surface area contributed by atoms with Crippen LogP contribution in [0, 0.1) is 0 Å². The maximum absolute atomic E-state index is 12.1. The summed E-state index contributed by atoms with van der Waals surface area (Å²) in [7, 11) is 0. The van der Waals surface area contributed by atoms with Gasteiger partial charge >= 0.3 is 5.97 Å². The van der Waals surface area contributed by atoms with Crippen LogP contribution in [-0.2, 0) is 11.3 Å². The number of hydrogen-bond acceptors (Lipinski definition) is 3. The van der Waals surface area contributed by atoms with E-state index in [-0.39, 0.29) is 12.6 Å². The molecule has 0 fully saturated rings. The van der Waals surface area contributed by atoms with Crippen molar-refractivity contribution in [2.45, 2.75) is 6.61 Å². The van der Waals surface area contributed by atoms with Gasteiger partial charge in [0.25, 0.3) is 0 Å². The molecule has 21 heavy (non-hydrogen) atoms. The van der Waals surface area contributed by atoms with Crippen molar-refractivity contribution in [2.75, 3.05) is 0 Å². The number of nitrogens with zero attached hydrogens (tertiary/aromatic N) is 1. The van der Waals surface area contributed by atoms with E-state index >= 15 is 0 Å². The number of hydrogen-bond donors (Lipinski definition) is 0. The van der Waals surface area contributed by atoms with Gasteiger partial charge in [0.1, 0.15) is 6.61 Å². The molecule has 4 heteroatoms. The average molecular weight is 342 g/mol. The summed E-state index contributed by atoms with van der Waals surface area (Å²) in [6.07, 6.45) is 1.55. The molecule has 0 amide bonds. The van der Waals surface area contributed by atoms with E-state index in [1.807, 2.05) is 48.5 Å². The van der Waals surface area contributed by atoms with Gasteiger partial charge < -0.3 is 4.74 Å². The number of aromatic nitrogens is 1. The molecule has 3 rings (SSSR count). The van der Waals surface area contributed by atoms with Crippen LogP contribution in [0.3, 0.4) is 0 Å². The molecule has 0 aliphatic heterocycles. The third-order valence-corrected chi connectivity index (χ3v) is 3.59. The zero-order valence-corrected chi connectivity index (χ0v) is 12.7. The summed E-state index contributed by atoms with van der Waals surface area (Å²) in [6, 6.07) is 17.1. The van der Waals surface area contributed by atoms with Gasteiger partial charge in [-0.2, -0.15) is 0 Å². The number of pyridine rings is 1. The SMILES string of the molecule is O=C(OCc1ccccc1)c1cnc2ccc(Br)cc2c1. The molecule has 1 aromatic heterocycles. The van der Waals surface area contributed by atoms with E-state index in [0.29, 0.717) is 5.56 Å². The number of rotatable bonds is 3. The third-order valence-electron chi connectivity index (χ3n) is 3.09. The first-order valence-corrected chi connectivity index (χ1v) is 7.28. The van der Waals surface area contributed by atoms with Crippen molar-refractivity contribution in [3.63, 3.8) is 0 Å². The minimum Gasteiger partial charge on any atom is -0.457 e. The van der Waals surface area contributed by atoms with Crippen LogP contribution < -0.4 is 0 Å². The van der Waals surface area contributed by atoms with Crippen LogP contribution >= 0.6 is 15.9 Å². The summed E-state index contributed by atoms with van der Waals surface area (Å²) >= 11 is 3.41. The van der Waals surface area contributed by atoms with Crippen molar-refractivity contribution in [1.29, 1.82) is 0 Å². The van der Waals surface area contributed by atoms with Gasteiger partial charge in [0.15, 0.2) is 0 Å². The molecule has 2 aromatic carbocycles. The predicted molar refractivity (Wildman–Crippen MR) is 85.0 cm³/mol. The lowest BCUT2D eigenvalue weighted by atomic mass is 10.1. The van der Waals surface area contributed by atoms with Crippen LogP contribution in [0.15, 0.2) is 65.3 Å². The summed E-state index contributed by atoms with van der Waals surface area (Å²) < 4.78 is 6.25. The zero-order valence-electron chi connectivity index (χ0n) is 11.1. The maximum Gasteiger partial charge on any atom is 0.340 e. The minimum absolute atomic E-state index is 0.260. The van der Waals surface area contributed by atoms with Gasteiger partial charge in [-0.1, -0.05) is 46.3 Å². The highest BCUT2D eigenvalue weighted by atomic mass is 79.9. The number of carbonyl (C=O) groups is 1. The number of ether oxygens (including phenoxy) is 1. The van der Waals surface area contributed by atoms with Crippen LogP contribution in [0.2, 0.25) is 0 Å². The second-order valence-corrected chi connectivity index (χ2v) is 5.54. The number of fused-ring (bicyclic) bond motifs is 1. The largest absolute Gasteiger partial charge is 0.457 e. The second-order valence-electron chi connectivity index (χ2n) is 4.62. The zero-order chi connectivity index (χ0) is 14.7. The first kappa shape index (κ1) is 13.8. The fraction of sp³-hybridized carbons (Fsp3) is 0.0588. The van der Waals surface area contributed by atoms with E-state index < -0.39 is 0 Å². The van der Waals surface area contributed by atoms with Gasteiger partial charge in [0.2, 0.25) is 0 Å². The third kappa shape index (κ3) is 3.28. The minimum atomic E-state index is -0.367. The highest BCUT2D eigenvalue weighted by Gasteiger charge is 2.09. The molecule has 0 aliphatic rings. The molecule has 0 N–H and O–H groups in total. The summed E-state index contributed by atoms with van der Waals surface area (Å²) in [5, 5.41) is 0.901. The van der Waals surface area contributed by atoms with Gasteiger partial charge in [0, 0.05) is 16.1 Å². The number of carbonyl (C=O) groups excluding carboxylic acids is 1. The standard InChI is InChI=1S/C17H12BrNO2/c18-15-6-7-16-13(9-15)8-14(10-19-16)17(20)21-11-12-4-2-1-3-5-12/h1-10H,11H2. The first-order chi connectivity index (χ1) is 10.2. The van der Waals surface area contributed by atoms with Gasteiger partial charge in [-0.15, -0.1) is 0 Å². The highest BCUT2D eigenvalue weighted by Crippen LogP contribution is 2.19. The fourth-order valence-corrected chi connectivity index (χ4v) is 2.40. The summed E-state index contributed by atoms with van der Waals surface area (Å²) in [4.78, 5) is 16.3. The molecule has 0 bridgehead atoms. The molecule has 0 radical (unpaired) electrons. The summed E-state index contributed by atoms with van der Waals surface area (Å²) in [6.45, 7) is 0.260. The lowest BCUT2D eigenvalue weighted by molar-refractivity contribution is 0.0472. The lowest BCUT2D eigenvalue weighted by Gasteiger charge is -2.06. The monoisotopic (exact) mass is 341 g/mol. The molecule has 3 aromatic rings. The summed E-state index contributed by atoms with van der Waals surface area (Å²) in [5.41, 5.74) is 2.26. The molecular formula is C17H12BrNO2.